The van der Waals surface area contributed by atoms with Crippen molar-refractivity contribution < 1.29 is 9.59 Å². The van der Waals surface area contributed by atoms with Crippen molar-refractivity contribution in [3.63, 3.8) is 0 Å². The predicted octanol–water partition coefficient (Wildman–Crippen LogP) is 2.64. The molecule has 23 heavy (non-hydrogen) atoms. The van der Waals surface area contributed by atoms with Gasteiger partial charge in [0.2, 0.25) is 5.91 Å². The van der Waals surface area contributed by atoms with Crippen LogP contribution in [0.4, 0.5) is 5.69 Å². The number of hydrogen-bond donors (Lipinski definition) is 2. The average Bonchev–Trinajstić information content (AvgIpc) is 2.60. The molecule has 0 aromatic heterocycles. The zero-order valence-electron chi connectivity index (χ0n) is 14.1. The van der Waals surface area contributed by atoms with Crippen LogP contribution in [0.15, 0.2) is 24.3 Å². The van der Waals surface area contributed by atoms with Crippen LogP contribution in [-0.4, -0.2) is 42.4 Å². The minimum atomic E-state index is -0.0899. The van der Waals surface area contributed by atoms with E-state index in [1.807, 2.05) is 30.0 Å². The van der Waals surface area contributed by atoms with Crippen LogP contribution < -0.4 is 10.6 Å². The molecule has 0 saturated carbocycles. The second-order valence-electron chi connectivity index (χ2n) is 6.17. The lowest BCUT2D eigenvalue weighted by Crippen LogP contribution is -2.35. The summed E-state index contributed by atoms with van der Waals surface area (Å²) in [5, 5.41) is 6.00. The number of nitrogens with one attached hydrogen (secondary N) is 2. The molecular weight excluding hydrogens is 290 g/mol. The SMILES string of the molecule is CCC(C)NCC(=O)Nc1cccc(C(=O)N2CCCCC2)c1. The van der Waals surface area contributed by atoms with Crippen molar-refractivity contribution in [1.82, 2.24) is 10.2 Å². The standard InChI is InChI=1S/C18H27N3O2/c1-3-14(2)19-13-17(22)20-16-9-7-8-15(12-16)18(23)21-10-5-4-6-11-21/h7-9,12,14,19H,3-6,10-11,13H2,1-2H3,(H,20,22). The number of rotatable bonds is 6. The van der Waals surface area contributed by atoms with E-state index in [0.29, 0.717) is 17.3 Å². The summed E-state index contributed by atoms with van der Waals surface area (Å²) in [6.07, 6.45) is 4.32. The Bertz CT molecular complexity index is 539. The highest BCUT2D eigenvalue weighted by molar-refractivity contribution is 5.97. The molecule has 1 aromatic rings. The minimum absolute atomic E-state index is 0.0542. The van der Waals surface area contributed by atoms with Crippen LogP contribution in [0, 0.1) is 0 Å². The molecular formula is C18H27N3O2. The van der Waals surface area contributed by atoms with Gasteiger partial charge in [-0.3, -0.25) is 9.59 Å². The van der Waals surface area contributed by atoms with Gasteiger partial charge in [0.25, 0.3) is 5.91 Å². The molecule has 1 fully saturated rings. The van der Waals surface area contributed by atoms with E-state index in [1.54, 1.807) is 6.07 Å². The van der Waals surface area contributed by atoms with Crippen LogP contribution in [-0.2, 0) is 4.79 Å². The fourth-order valence-corrected chi connectivity index (χ4v) is 2.63. The van der Waals surface area contributed by atoms with E-state index in [4.69, 9.17) is 0 Å². The topological polar surface area (TPSA) is 61.4 Å². The number of benzene rings is 1. The Morgan fingerprint density at radius 3 is 2.65 bits per heavy atom. The van der Waals surface area contributed by atoms with E-state index in [9.17, 15) is 9.59 Å². The third kappa shape index (κ3) is 5.36. The van der Waals surface area contributed by atoms with Gasteiger partial charge in [0.05, 0.1) is 6.54 Å². The fraction of sp³-hybridized carbons (Fsp3) is 0.556. The summed E-state index contributed by atoms with van der Waals surface area (Å²) in [6.45, 7) is 6.05. The molecule has 1 aromatic carbocycles. The van der Waals surface area contributed by atoms with E-state index in [1.165, 1.54) is 6.42 Å². The summed E-state index contributed by atoms with van der Waals surface area (Å²) in [7, 11) is 0. The normalized spacial score (nSPS) is 16.0. The predicted molar refractivity (Wildman–Crippen MR) is 92.6 cm³/mol. The van der Waals surface area contributed by atoms with E-state index in [-0.39, 0.29) is 18.4 Å². The second-order valence-corrected chi connectivity index (χ2v) is 6.17. The third-order valence-electron chi connectivity index (χ3n) is 4.26. The summed E-state index contributed by atoms with van der Waals surface area (Å²) in [5.41, 5.74) is 1.31. The lowest BCUT2D eigenvalue weighted by Gasteiger charge is -2.26. The molecule has 1 heterocycles. The van der Waals surface area contributed by atoms with Gasteiger partial charge in [0.15, 0.2) is 0 Å². The number of amides is 2. The molecule has 1 atom stereocenters. The number of piperidine rings is 1. The maximum absolute atomic E-state index is 12.5. The zero-order valence-corrected chi connectivity index (χ0v) is 14.1. The highest BCUT2D eigenvalue weighted by Crippen LogP contribution is 2.16. The Balaban J connectivity index is 1.93. The molecule has 1 aliphatic heterocycles. The van der Waals surface area contributed by atoms with Crippen LogP contribution >= 0.6 is 0 Å². The summed E-state index contributed by atoms with van der Waals surface area (Å²) in [4.78, 5) is 26.3. The van der Waals surface area contributed by atoms with Gasteiger partial charge in [-0.15, -0.1) is 0 Å². The molecule has 1 saturated heterocycles. The van der Waals surface area contributed by atoms with Crippen molar-refractivity contribution in [2.24, 2.45) is 0 Å². The molecule has 5 nitrogen and oxygen atoms in total. The quantitative estimate of drug-likeness (QED) is 0.848. The van der Waals surface area contributed by atoms with Crippen LogP contribution in [0.5, 0.6) is 0 Å². The Morgan fingerprint density at radius 2 is 1.96 bits per heavy atom. The monoisotopic (exact) mass is 317 g/mol. The number of likely N-dealkylation sites (tertiary alicyclic amines) is 1. The number of nitrogens with zero attached hydrogens (tertiary/aromatic N) is 1. The van der Waals surface area contributed by atoms with Crippen molar-refractivity contribution >= 4 is 17.5 Å². The second kappa shape index (κ2) is 8.67. The first-order chi connectivity index (χ1) is 11.1. The van der Waals surface area contributed by atoms with Gasteiger partial charge >= 0.3 is 0 Å². The summed E-state index contributed by atoms with van der Waals surface area (Å²) >= 11 is 0. The average molecular weight is 317 g/mol. The molecule has 1 unspecified atom stereocenters. The summed E-state index contributed by atoms with van der Waals surface area (Å²) in [5.74, 6) is -0.0357. The fourth-order valence-electron chi connectivity index (χ4n) is 2.63. The Hall–Kier alpha value is -1.88. The lowest BCUT2D eigenvalue weighted by molar-refractivity contribution is -0.115. The number of carbonyl (C=O) groups is 2. The number of hydrogen-bond acceptors (Lipinski definition) is 3. The van der Waals surface area contributed by atoms with Crippen molar-refractivity contribution in [3.8, 4) is 0 Å². The van der Waals surface area contributed by atoms with Crippen molar-refractivity contribution in [1.29, 1.82) is 0 Å². The van der Waals surface area contributed by atoms with Gasteiger partial charge < -0.3 is 15.5 Å². The van der Waals surface area contributed by atoms with Gasteiger partial charge in [0, 0.05) is 30.4 Å². The van der Waals surface area contributed by atoms with Gasteiger partial charge in [-0.25, -0.2) is 0 Å². The first-order valence-electron chi connectivity index (χ1n) is 8.52. The van der Waals surface area contributed by atoms with Crippen LogP contribution in [0.2, 0.25) is 0 Å². The maximum Gasteiger partial charge on any atom is 0.253 e. The van der Waals surface area contributed by atoms with Gasteiger partial charge in [0.1, 0.15) is 0 Å². The molecule has 1 aliphatic rings. The summed E-state index contributed by atoms with van der Waals surface area (Å²) in [6, 6.07) is 7.51. The molecule has 2 rings (SSSR count). The van der Waals surface area contributed by atoms with E-state index >= 15 is 0 Å². The highest BCUT2D eigenvalue weighted by Gasteiger charge is 2.18. The first-order valence-corrected chi connectivity index (χ1v) is 8.52. The smallest absolute Gasteiger partial charge is 0.253 e. The van der Waals surface area contributed by atoms with Crippen molar-refractivity contribution in [3.05, 3.63) is 29.8 Å². The highest BCUT2D eigenvalue weighted by atomic mass is 16.2. The van der Waals surface area contributed by atoms with Crippen LogP contribution in [0.3, 0.4) is 0 Å². The van der Waals surface area contributed by atoms with Crippen molar-refractivity contribution in [2.75, 3.05) is 25.0 Å². The van der Waals surface area contributed by atoms with E-state index in [2.05, 4.69) is 17.6 Å². The summed E-state index contributed by atoms with van der Waals surface area (Å²) < 4.78 is 0. The minimum Gasteiger partial charge on any atom is -0.339 e. The Labute approximate surface area is 138 Å². The molecule has 0 radical (unpaired) electrons. The van der Waals surface area contributed by atoms with E-state index < -0.39 is 0 Å². The molecule has 0 bridgehead atoms. The zero-order chi connectivity index (χ0) is 16.7. The molecule has 2 N–H and O–H groups in total. The largest absolute Gasteiger partial charge is 0.339 e. The van der Waals surface area contributed by atoms with Gasteiger partial charge in [-0.2, -0.15) is 0 Å². The van der Waals surface area contributed by atoms with Crippen LogP contribution in [0.1, 0.15) is 49.9 Å². The molecule has 0 spiro atoms. The number of anilines is 1. The van der Waals surface area contributed by atoms with Crippen LogP contribution in [0.25, 0.3) is 0 Å². The first kappa shape index (κ1) is 17.5. The van der Waals surface area contributed by atoms with Gasteiger partial charge in [-0.05, 0) is 50.8 Å². The Kier molecular flexibility index (Phi) is 6.59. The molecule has 2 amide bonds. The molecule has 0 aliphatic carbocycles. The van der Waals surface area contributed by atoms with Gasteiger partial charge in [-0.1, -0.05) is 13.0 Å². The lowest BCUT2D eigenvalue weighted by atomic mass is 10.1. The Morgan fingerprint density at radius 1 is 1.22 bits per heavy atom. The molecule has 5 heteroatoms. The van der Waals surface area contributed by atoms with E-state index in [0.717, 1.165) is 32.4 Å². The molecule has 126 valence electrons. The third-order valence-corrected chi connectivity index (χ3v) is 4.26. The maximum atomic E-state index is 12.5. The number of carbonyl (C=O) groups excluding carboxylic acids is 2. The van der Waals surface area contributed by atoms with Crippen molar-refractivity contribution in [2.45, 2.75) is 45.6 Å².